The van der Waals surface area contributed by atoms with Crippen molar-refractivity contribution in [1.29, 1.82) is 0 Å². The number of carboxylic acid groups (broad SMARTS) is 1. The van der Waals surface area contributed by atoms with E-state index in [1.807, 2.05) is 0 Å². The summed E-state index contributed by atoms with van der Waals surface area (Å²) in [6.07, 6.45) is 0.106. The number of aliphatic carboxylic acids is 1. The van der Waals surface area contributed by atoms with Crippen LogP contribution < -0.4 is 4.74 Å². The van der Waals surface area contributed by atoms with Gasteiger partial charge in [0.25, 0.3) is 0 Å². The maximum atomic E-state index is 11.5. The number of hydrogen-bond acceptors (Lipinski definition) is 3. The lowest BCUT2D eigenvalue weighted by atomic mass is 10.3. The van der Waals surface area contributed by atoms with E-state index in [1.54, 1.807) is 24.3 Å². The normalized spacial score (nSPS) is 9.89. The average Bonchev–Trinajstić information content (AvgIpc) is 2.30. The first kappa shape index (κ1) is 14.3. The molecular weight excluding hydrogens is 258 g/mol. The van der Waals surface area contributed by atoms with Crippen LogP contribution in [0, 0.1) is 0 Å². The Morgan fingerprint density at radius 2 is 2.06 bits per heavy atom. The molecule has 1 rings (SSSR count). The Labute approximate surface area is 110 Å². The Bertz CT molecular complexity index is 436. The molecule has 0 unspecified atom stereocenters. The van der Waals surface area contributed by atoms with Gasteiger partial charge in [-0.1, -0.05) is 23.7 Å². The van der Waals surface area contributed by atoms with Gasteiger partial charge in [0.1, 0.15) is 12.3 Å². The number of ether oxygens (including phenoxy) is 1. The third kappa shape index (κ3) is 4.63. The van der Waals surface area contributed by atoms with Crippen LogP contribution in [-0.2, 0) is 9.59 Å². The Morgan fingerprint density at radius 3 is 2.67 bits per heavy atom. The van der Waals surface area contributed by atoms with E-state index in [2.05, 4.69) is 0 Å². The number of rotatable bonds is 6. The molecule has 18 heavy (non-hydrogen) atoms. The zero-order valence-electron chi connectivity index (χ0n) is 9.93. The highest BCUT2D eigenvalue weighted by molar-refractivity contribution is 6.32. The summed E-state index contributed by atoms with van der Waals surface area (Å²) in [5.41, 5.74) is 0. The number of nitrogens with zero attached hydrogens (tertiary/aromatic N) is 1. The maximum Gasteiger partial charge on any atom is 0.323 e. The predicted molar refractivity (Wildman–Crippen MR) is 66.8 cm³/mol. The summed E-state index contributed by atoms with van der Waals surface area (Å²) in [5.74, 6) is -0.824. The van der Waals surface area contributed by atoms with Gasteiger partial charge in [0.2, 0.25) is 5.91 Å². The molecule has 0 aliphatic heterocycles. The number of likely N-dealkylation sites (N-methyl/N-ethyl adjacent to an activating group) is 1. The Kier molecular flexibility index (Phi) is 5.45. The Morgan fingerprint density at radius 1 is 1.39 bits per heavy atom. The molecule has 0 bridgehead atoms. The molecule has 5 nitrogen and oxygen atoms in total. The fourth-order valence-corrected chi connectivity index (χ4v) is 1.48. The second-order valence-corrected chi connectivity index (χ2v) is 4.08. The zero-order chi connectivity index (χ0) is 13.5. The molecule has 1 aromatic carbocycles. The van der Waals surface area contributed by atoms with Crippen molar-refractivity contribution in [3.63, 3.8) is 0 Å². The summed E-state index contributed by atoms with van der Waals surface area (Å²) in [7, 11) is 1.44. The van der Waals surface area contributed by atoms with Gasteiger partial charge in [-0.15, -0.1) is 0 Å². The van der Waals surface area contributed by atoms with Gasteiger partial charge in [0.05, 0.1) is 18.1 Å². The molecule has 1 amide bonds. The van der Waals surface area contributed by atoms with Crippen LogP contribution in [0.1, 0.15) is 6.42 Å². The van der Waals surface area contributed by atoms with Gasteiger partial charge < -0.3 is 14.7 Å². The number of carbonyl (C=O) groups excluding carboxylic acids is 1. The highest BCUT2D eigenvalue weighted by Crippen LogP contribution is 2.23. The largest absolute Gasteiger partial charge is 0.491 e. The van der Waals surface area contributed by atoms with Gasteiger partial charge in [0, 0.05) is 7.05 Å². The zero-order valence-corrected chi connectivity index (χ0v) is 10.7. The molecule has 0 fully saturated rings. The summed E-state index contributed by atoms with van der Waals surface area (Å²) >= 11 is 5.87. The number of benzene rings is 1. The summed E-state index contributed by atoms with van der Waals surface area (Å²) in [5, 5.41) is 9.01. The van der Waals surface area contributed by atoms with Crippen molar-refractivity contribution >= 4 is 23.5 Å². The molecule has 98 valence electrons. The molecule has 0 saturated heterocycles. The number of halogens is 1. The Balaban J connectivity index is 2.36. The van der Waals surface area contributed by atoms with Gasteiger partial charge in [-0.3, -0.25) is 9.59 Å². The highest BCUT2D eigenvalue weighted by Gasteiger charge is 2.12. The van der Waals surface area contributed by atoms with Gasteiger partial charge in [0.15, 0.2) is 0 Å². The van der Waals surface area contributed by atoms with Crippen molar-refractivity contribution in [2.75, 3.05) is 20.2 Å². The molecule has 0 spiro atoms. The van der Waals surface area contributed by atoms with Crippen LogP contribution in [0.5, 0.6) is 5.75 Å². The van der Waals surface area contributed by atoms with Crippen molar-refractivity contribution < 1.29 is 19.4 Å². The standard InChI is InChI=1S/C12H14ClNO4/c1-14(8-12(16)17)11(15)6-7-18-10-5-3-2-4-9(10)13/h2-5H,6-8H2,1H3,(H,16,17). The van der Waals surface area contributed by atoms with Crippen LogP contribution in [0.15, 0.2) is 24.3 Å². The molecule has 1 aromatic rings. The SMILES string of the molecule is CN(CC(=O)O)C(=O)CCOc1ccccc1Cl. The molecule has 6 heteroatoms. The number of para-hydroxylation sites is 1. The lowest BCUT2D eigenvalue weighted by molar-refractivity contribution is -0.143. The van der Waals surface area contributed by atoms with Gasteiger partial charge in [-0.2, -0.15) is 0 Å². The number of carbonyl (C=O) groups is 2. The van der Waals surface area contributed by atoms with Crippen molar-refractivity contribution in [2.24, 2.45) is 0 Å². The number of carboxylic acids is 1. The minimum absolute atomic E-state index is 0.106. The first-order valence-corrected chi connectivity index (χ1v) is 5.71. The number of amides is 1. The average molecular weight is 272 g/mol. The first-order chi connectivity index (χ1) is 8.50. The van der Waals surface area contributed by atoms with Crippen LogP contribution >= 0.6 is 11.6 Å². The fraction of sp³-hybridized carbons (Fsp3) is 0.333. The van der Waals surface area contributed by atoms with Crippen LogP contribution in [-0.4, -0.2) is 42.1 Å². The van der Waals surface area contributed by atoms with E-state index in [1.165, 1.54) is 7.05 Å². The molecule has 0 heterocycles. The van der Waals surface area contributed by atoms with Crippen molar-refractivity contribution in [3.05, 3.63) is 29.3 Å². The molecule has 0 radical (unpaired) electrons. The highest BCUT2D eigenvalue weighted by atomic mass is 35.5. The number of hydrogen-bond donors (Lipinski definition) is 1. The van der Waals surface area contributed by atoms with E-state index < -0.39 is 5.97 Å². The van der Waals surface area contributed by atoms with Crippen molar-refractivity contribution in [1.82, 2.24) is 4.90 Å². The van der Waals surface area contributed by atoms with Gasteiger partial charge >= 0.3 is 5.97 Å². The second kappa shape index (κ2) is 6.86. The van der Waals surface area contributed by atoms with Crippen LogP contribution in [0.4, 0.5) is 0 Å². The monoisotopic (exact) mass is 271 g/mol. The van der Waals surface area contributed by atoms with E-state index in [0.717, 1.165) is 4.90 Å². The summed E-state index contributed by atoms with van der Waals surface area (Å²) in [6.45, 7) is -0.155. The summed E-state index contributed by atoms with van der Waals surface area (Å²) in [4.78, 5) is 23.1. The van der Waals surface area contributed by atoms with E-state index >= 15 is 0 Å². The first-order valence-electron chi connectivity index (χ1n) is 5.34. The summed E-state index contributed by atoms with van der Waals surface area (Å²) < 4.78 is 5.34. The van der Waals surface area contributed by atoms with Crippen LogP contribution in [0.2, 0.25) is 5.02 Å². The fourth-order valence-electron chi connectivity index (χ4n) is 1.29. The minimum Gasteiger partial charge on any atom is -0.491 e. The van der Waals surface area contributed by atoms with E-state index in [4.69, 9.17) is 21.4 Å². The molecule has 0 aliphatic rings. The minimum atomic E-state index is -1.04. The molecule has 1 N–H and O–H groups in total. The lowest BCUT2D eigenvalue weighted by Gasteiger charge is -2.14. The van der Waals surface area contributed by atoms with Crippen molar-refractivity contribution in [2.45, 2.75) is 6.42 Å². The van der Waals surface area contributed by atoms with E-state index in [9.17, 15) is 9.59 Å². The van der Waals surface area contributed by atoms with Crippen LogP contribution in [0.3, 0.4) is 0 Å². The van der Waals surface area contributed by atoms with E-state index in [0.29, 0.717) is 10.8 Å². The molecule has 0 aromatic heterocycles. The lowest BCUT2D eigenvalue weighted by Crippen LogP contribution is -2.32. The van der Waals surface area contributed by atoms with Gasteiger partial charge in [-0.25, -0.2) is 0 Å². The predicted octanol–water partition coefficient (Wildman–Crippen LogP) is 1.65. The maximum absolute atomic E-state index is 11.5. The molecular formula is C12H14ClNO4. The summed E-state index contributed by atoms with van der Waals surface area (Å²) in [6, 6.07) is 6.95. The Hall–Kier alpha value is -1.75. The third-order valence-electron chi connectivity index (χ3n) is 2.21. The molecule has 0 saturated carbocycles. The van der Waals surface area contributed by atoms with Crippen LogP contribution in [0.25, 0.3) is 0 Å². The quantitative estimate of drug-likeness (QED) is 0.854. The third-order valence-corrected chi connectivity index (χ3v) is 2.52. The topological polar surface area (TPSA) is 66.8 Å². The van der Waals surface area contributed by atoms with Crippen molar-refractivity contribution in [3.8, 4) is 5.75 Å². The second-order valence-electron chi connectivity index (χ2n) is 3.67. The smallest absolute Gasteiger partial charge is 0.323 e. The van der Waals surface area contributed by atoms with Gasteiger partial charge in [-0.05, 0) is 12.1 Å². The van der Waals surface area contributed by atoms with E-state index in [-0.39, 0.29) is 25.5 Å². The molecule has 0 aliphatic carbocycles. The molecule has 0 atom stereocenters.